The molecular weight excluding hydrogens is 312 g/mol. The van der Waals surface area contributed by atoms with Gasteiger partial charge in [-0.25, -0.2) is 8.42 Å². The Morgan fingerprint density at radius 1 is 1.30 bits per heavy atom. The van der Waals surface area contributed by atoms with Crippen LogP contribution < -0.4 is 5.73 Å². The third kappa shape index (κ3) is 3.46. The van der Waals surface area contributed by atoms with E-state index in [2.05, 4.69) is 5.10 Å². The maximum Gasteiger partial charge on any atom is 0.246 e. The Kier molecular flexibility index (Phi) is 4.52. The van der Waals surface area contributed by atoms with E-state index in [1.807, 2.05) is 37.3 Å². The Morgan fingerprint density at radius 2 is 2.04 bits per heavy atom. The minimum Gasteiger partial charge on any atom is -0.328 e. The van der Waals surface area contributed by atoms with E-state index in [4.69, 9.17) is 5.73 Å². The topological polar surface area (TPSA) is 81.2 Å². The van der Waals surface area contributed by atoms with Gasteiger partial charge in [0.15, 0.2) is 0 Å². The second-order valence-corrected chi connectivity index (χ2v) is 8.00. The van der Waals surface area contributed by atoms with E-state index in [1.165, 1.54) is 6.20 Å². The predicted octanol–water partition coefficient (Wildman–Crippen LogP) is 1.43. The summed E-state index contributed by atoms with van der Waals surface area (Å²) in [6.07, 6.45) is 4.42. The maximum atomic E-state index is 12.8. The van der Waals surface area contributed by atoms with Crippen LogP contribution in [0.2, 0.25) is 0 Å². The fraction of sp³-hybridized carbons (Fsp3) is 0.438. The highest BCUT2D eigenvalue weighted by Crippen LogP contribution is 2.24. The molecule has 2 N–H and O–H groups in total. The van der Waals surface area contributed by atoms with Gasteiger partial charge in [-0.1, -0.05) is 30.3 Å². The van der Waals surface area contributed by atoms with E-state index in [9.17, 15) is 8.42 Å². The lowest BCUT2D eigenvalue weighted by Crippen LogP contribution is -2.48. The molecule has 2 atom stereocenters. The molecule has 0 bridgehead atoms. The number of nitrogens with zero attached hydrogens (tertiary/aromatic N) is 3. The molecule has 1 aromatic carbocycles. The molecule has 7 heteroatoms. The highest BCUT2D eigenvalue weighted by Gasteiger charge is 2.34. The number of piperidine rings is 1. The number of rotatable bonds is 4. The highest BCUT2D eigenvalue weighted by atomic mass is 32.2. The van der Waals surface area contributed by atoms with Crippen LogP contribution in [0.15, 0.2) is 47.6 Å². The molecule has 3 rings (SSSR count). The first kappa shape index (κ1) is 16.2. The van der Waals surface area contributed by atoms with Gasteiger partial charge in [-0.2, -0.15) is 9.40 Å². The van der Waals surface area contributed by atoms with Crippen molar-refractivity contribution < 1.29 is 8.42 Å². The van der Waals surface area contributed by atoms with Gasteiger partial charge in [-0.15, -0.1) is 0 Å². The van der Waals surface area contributed by atoms with Crippen LogP contribution in [-0.2, 0) is 16.6 Å². The van der Waals surface area contributed by atoms with E-state index in [1.54, 1.807) is 15.2 Å². The smallest absolute Gasteiger partial charge is 0.246 e. The maximum absolute atomic E-state index is 12.8. The summed E-state index contributed by atoms with van der Waals surface area (Å²) in [7, 11) is -3.51. The minimum atomic E-state index is -3.51. The molecule has 1 saturated heterocycles. The van der Waals surface area contributed by atoms with Gasteiger partial charge < -0.3 is 5.73 Å². The Hall–Kier alpha value is -1.70. The number of sulfonamides is 1. The average Bonchev–Trinajstić information content (AvgIpc) is 2.97. The predicted molar refractivity (Wildman–Crippen MR) is 88.3 cm³/mol. The quantitative estimate of drug-likeness (QED) is 0.917. The molecule has 0 spiro atoms. The summed E-state index contributed by atoms with van der Waals surface area (Å²) in [5.74, 6) is 0. The summed E-state index contributed by atoms with van der Waals surface area (Å²) in [5.41, 5.74) is 7.00. The molecule has 0 aliphatic carbocycles. The van der Waals surface area contributed by atoms with Crippen LogP contribution in [0.4, 0.5) is 0 Å². The molecule has 23 heavy (non-hydrogen) atoms. The fourth-order valence-electron chi connectivity index (χ4n) is 3.01. The van der Waals surface area contributed by atoms with Crippen molar-refractivity contribution in [2.24, 2.45) is 5.73 Å². The molecule has 1 aliphatic heterocycles. The second kappa shape index (κ2) is 6.43. The van der Waals surface area contributed by atoms with Crippen molar-refractivity contribution in [1.29, 1.82) is 0 Å². The molecule has 2 heterocycles. The zero-order chi connectivity index (χ0) is 16.4. The van der Waals surface area contributed by atoms with Crippen molar-refractivity contribution in [3.63, 3.8) is 0 Å². The van der Waals surface area contributed by atoms with Crippen LogP contribution >= 0.6 is 0 Å². The van der Waals surface area contributed by atoms with Crippen LogP contribution in [0.3, 0.4) is 0 Å². The number of aromatic nitrogens is 2. The first-order valence-corrected chi connectivity index (χ1v) is 9.24. The SMILES string of the molecule is C[C@@H]1C[C@@H](N)CCN1S(=O)(=O)c1cnn(Cc2ccccc2)c1. The van der Waals surface area contributed by atoms with E-state index in [-0.39, 0.29) is 17.0 Å². The second-order valence-electron chi connectivity index (χ2n) is 6.11. The van der Waals surface area contributed by atoms with Crippen molar-refractivity contribution in [3.8, 4) is 0 Å². The van der Waals surface area contributed by atoms with E-state index < -0.39 is 10.0 Å². The molecule has 2 aromatic rings. The first-order valence-electron chi connectivity index (χ1n) is 7.80. The monoisotopic (exact) mass is 334 g/mol. The van der Waals surface area contributed by atoms with E-state index in [0.717, 1.165) is 5.56 Å². The third-order valence-electron chi connectivity index (χ3n) is 4.26. The van der Waals surface area contributed by atoms with Gasteiger partial charge in [0, 0.05) is 24.8 Å². The third-order valence-corrected chi connectivity index (χ3v) is 6.23. The minimum absolute atomic E-state index is 0.0808. The van der Waals surface area contributed by atoms with Gasteiger partial charge in [0.1, 0.15) is 4.90 Å². The van der Waals surface area contributed by atoms with E-state index >= 15 is 0 Å². The zero-order valence-electron chi connectivity index (χ0n) is 13.2. The van der Waals surface area contributed by atoms with Gasteiger partial charge in [0.05, 0.1) is 12.7 Å². The molecule has 1 aromatic heterocycles. The molecular formula is C16H22N4O2S. The van der Waals surface area contributed by atoms with Gasteiger partial charge in [0.2, 0.25) is 10.0 Å². The molecule has 124 valence electrons. The Bertz CT molecular complexity index is 757. The average molecular weight is 334 g/mol. The van der Waals surface area contributed by atoms with Gasteiger partial charge in [-0.3, -0.25) is 4.68 Å². The lowest BCUT2D eigenvalue weighted by Gasteiger charge is -2.34. The van der Waals surface area contributed by atoms with Crippen LogP contribution in [0, 0.1) is 0 Å². The number of hydrogen-bond acceptors (Lipinski definition) is 4. The van der Waals surface area contributed by atoms with Crippen LogP contribution in [-0.4, -0.2) is 41.1 Å². The van der Waals surface area contributed by atoms with Crippen molar-refractivity contribution in [1.82, 2.24) is 14.1 Å². The van der Waals surface area contributed by atoms with Gasteiger partial charge >= 0.3 is 0 Å². The summed E-state index contributed by atoms with van der Waals surface area (Å²) >= 11 is 0. The van der Waals surface area contributed by atoms with Crippen LogP contribution in [0.5, 0.6) is 0 Å². The fourth-order valence-corrected chi connectivity index (χ4v) is 4.63. The molecule has 6 nitrogen and oxygen atoms in total. The van der Waals surface area contributed by atoms with Gasteiger partial charge in [0.25, 0.3) is 0 Å². The summed E-state index contributed by atoms with van der Waals surface area (Å²) < 4.78 is 28.8. The summed E-state index contributed by atoms with van der Waals surface area (Å²) in [6, 6.07) is 9.84. The summed E-state index contributed by atoms with van der Waals surface area (Å²) in [4.78, 5) is 0.246. The van der Waals surface area contributed by atoms with Gasteiger partial charge in [-0.05, 0) is 25.3 Å². The zero-order valence-corrected chi connectivity index (χ0v) is 14.0. The van der Waals surface area contributed by atoms with Crippen LogP contribution in [0.25, 0.3) is 0 Å². The normalized spacial score (nSPS) is 23.0. The van der Waals surface area contributed by atoms with Crippen molar-refractivity contribution in [2.45, 2.75) is 43.3 Å². The Balaban J connectivity index is 1.79. The molecule has 0 amide bonds. The molecule has 1 aliphatic rings. The molecule has 0 saturated carbocycles. The van der Waals surface area contributed by atoms with Crippen molar-refractivity contribution in [3.05, 3.63) is 48.3 Å². The highest BCUT2D eigenvalue weighted by molar-refractivity contribution is 7.89. The molecule has 1 fully saturated rings. The number of hydrogen-bond donors (Lipinski definition) is 1. The molecule has 0 radical (unpaired) electrons. The Morgan fingerprint density at radius 3 is 2.74 bits per heavy atom. The lowest BCUT2D eigenvalue weighted by atomic mass is 10.0. The number of benzene rings is 1. The lowest BCUT2D eigenvalue weighted by molar-refractivity contribution is 0.247. The number of nitrogens with two attached hydrogens (primary N) is 1. The van der Waals surface area contributed by atoms with Crippen LogP contribution in [0.1, 0.15) is 25.3 Å². The standard InChI is InChI=1S/C16H22N4O2S/c1-13-9-15(17)7-8-20(13)23(21,22)16-10-18-19(12-16)11-14-5-3-2-4-6-14/h2-6,10,12-13,15H,7-9,11,17H2,1H3/t13-,15+/m1/s1. The van der Waals surface area contributed by atoms with Crippen molar-refractivity contribution >= 4 is 10.0 Å². The summed E-state index contributed by atoms with van der Waals surface area (Å²) in [5, 5.41) is 4.20. The Labute approximate surface area is 137 Å². The van der Waals surface area contributed by atoms with E-state index in [0.29, 0.717) is 25.9 Å². The largest absolute Gasteiger partial charge is 0.328 e. The molecule has 0 unspecified atom stereocenters. The first-order chi connectivity index (χ1) is 11.0. The van der Waals surface area contributed by atoms with Crippen molar-refractivity contribution in [2.75, 3.05) is 6.54 Å². The summed E-state index contributed by atoms with van der Waals surface area (Å²) in [6.45, 7) is 2.93.